The fourth-order valence-electron chi connectivity index (χ4n) is 1.48. The van der Waals surface area contributed by atoms with Gasteiger partial charge in [0.05, 0.1) is 42.5 Å². The smallest absolute Gasteiger partial charge is 0.392 e. The first kappa shape index (κ1) is 14.1. The third-order valence-electron chi connectivity index (χ3n) is 2.20. The lowest BCUT2D eigenvalue weighted by Crippen LogP contribution is -2.21. The lowest BCUT2D eigenvalue weighted by Gasteiger charge is -2.07. The van der Waals surface area contributed by atoms with E-state index >= 15 is 0 Å². The second-order valence-electron chi connectivity index (χ2n) is 3.78. The van der Waals surface area contributed by atoms with Crippen molar-refractivity contribution < 1.29 is 19.6 Å². The van der Waals surface area contributed by atoms with Crippen LogP contribution in [0.25, 0.3) is 0 Å². The number of carbonyl (C=O) groups excluding carboxylic acids is 1. The summed E-state index contributed by atoms with van der Waals surface area (Å²) in [5.74, 6) is -0.762. The van der Waals surface area contributed by atoms with Gasteiger partial charge in [-0.1, -0.05) is 0 Å². The maximum absolute atomic E-state index is 11.1. The van der Waals surface area contributed by atoms with E-state index in [-0.39, 0.29) is 25.4 Å². The van der Waals surface area contributed by atoms with Crippen LogP contribution in [0, 0.1) is 17.0 Å². The van der Waals surface area contributed by atoms with Crippen molar-refractivity contribution in [3.05, 3.63) is 21.9 Å². The predicted molar refractivity (Wildman–Crippen MR) is 60.9 cm³/mol. The molecule has 0 aliphatic rings. The quantitative estimate of drug-likeness (QED) is 0.449. The van der Waals surface area contributed by atoms with E-state index < -0.39 is 17.0 Å². The van der Waals surface area contributed by atoms with Gasteiger partial charge in [0, 0.05) is 0 Å². The molecule has 0 aliphatic carbocycles. The van der Waals surface area contributed by atoms with Crippen LogP contribution in [-0.4, -0.2) is 38.5 Å². The molecule has 0 saturated carbocycles. The Morgan fingerprint density at radius 1 is 1.72 bits per heavy atom. The molecule has 1 atom stereocenters. The number of esters is 1. The van der Waals surface area contributed by atoms with Crippen LogP contribution < -0.4 is 0 Å². The SMILES string of the molecule is CCOC(=O)CC(O)Cn1cc(C)c([N+](=O)[O-])n1. The van der Waals surface area contributed by atoms with Crippen molar-refractivity contribution in [1.82, 2.24) is 9.78 Å². The fraction of sp³-hybridized carbons (Fsp3) is 0.600. The molecule has 0 saturated heterocycles. The minimum atomic E-state index is -0.983. The van der Waals surface area contributed by atoms with Crippen LogP contribution in [0.1, 0.15) is 18.9 Å². The van der Waals surface area contributed by atoms with Gasteiger partial charge in [-0.25, -0.2) is 0 Å². The molecule has 8 nitrogen and oxygen atoms in total. The average molecular weight is 257 g/mol. The average Bonchev–Trinajstić information content (AvgIpc) is 2.59. The Morgan fingerprint density at radius 2 is 2.39 bits per heavy atom. The summed E-state index contributed by atoms with van der Waals surface area (Å²) in [6.07, 6.45) is 0.301. The minimum absolute atomic E-state index is 0.00743. The van der Waals surface area contributed by atoms with Gasteiger partial charge in [-0.05, 0) is 18.8 Å². The molecule has 1 rings (SSSR count). The topological polar surface area (TPSA) is 107 Å². The first-order valence-corrected chi connectivity index (χ1v) is 5.46. The number of aliphatic hydroxyl groups is 1. The highest BCUT2D eigenvalue weighted by Crippen LogP contribution is 2.14. The zero-order chi connectivity index (χ0) is 13.7. The highest BCUT2D eigenvalue weighted by Gasteiger charge is 2.20. The molecule has 100 valence electrons. The molecule has 0 fully saturated rings. The number of hydrogen-bond donors (Lipinski definition) is 1. The molecule has 0 spiro atoms. The number of nitrogens with zero attached hydrogens (tertiary/aromatic N) is 3. The van der Waals surface area contributed by atoms with Crippen LogP contribution in [-0.2, 0) is 16.1 Å². The van der Waals surface area contributed by atoms with E-state index in [4.69, 9.17) is 0 Å². The van der Waals surface area contributed by atoms with Crippen LogP contribution in [0.15, 0.2) is 6.20 Å². The van der Waals surface area contributed by atoms with Crippen molar-refractivity contribution in [3.8, 4) is 0 Å². The van der Waals surface area contributed by atoms with Gasteiger partial charge in [0.2, 0.25) is 0 Å². The van der Waals surface area contributed by atoms with Crippen LogP contribution in [0.5, 0.6) is 0 Å². The van der Waals surface area contributed by atoms with E-state index in [1.807, 2.05) is 0 Å². The van der Waals surface area contributed by atoms with Gasteiger partial charge in [0.15, 0.2) is 0 Å². The van der Waals surface area contributed by atoms with E-state index in [9.17, 15) is 20.0 Å². The minimum Gasteiger partial charge on any atom is -0.466 e. The van der Waals surface area contributed by atoms with E-state index in [1.165, 1.54) is 10.9 Å². The normalized spacial score (nSPS) is 12.2. The molecule has 0 bridgehead atoms. The predicted octanol–water partition coefficient (Wildman–Crippen LogP) is 0.414. The Labute approximate surface area is 103 Å². The zero-order valence-electron chi connectivity index (χ0n) is 10.2. The Kier molecular flexibility index (Phi) is 4.78. The van der Waals surface area contributed by atoms with Gasteiger partial charge in [-0.3, -0.25) is 4.79 Å². The summed E-state index contributed by atoms with van der Waals surface area (Å²) in [5.41, 5.74) is 0.406. The third kappa shape index (κ3) is 3.81. The van der Waals surface area contributed by atoms with E-state index in [1.54, 1.807) is 13.8 Å². The number of aryl methyl sites for hydroxylation is 1. The lowest BCUT2D eigenvalue weighted by atomic mass is 10.2. The number of ether oxygens (including phenoxy) is 1. The summed E-state index contributed by atoms with van der Waals surface area (Å²) >= 11 is 0. The van der Waals surface area contributed by atoms with Gasteiger partial charge < -0.3 is 20.0 Å². The van der Waals surface area contributed by atoms with Gasteiger partial charge in [0.25, 0.3) is 0 Å². The van der Waals surface area contributed by atoms with Crippen molar-refractivity contribution in [2.24, 2.45) is 0 Å². The Balaban J connectivity index is 2.59. The van der Waals surface area contributed by atoms with Gasteiger partial charge in [0.1, 0.15) is 0 Å². The Hall–Kier alpha value is -1.96. The number of carbonyl (C=O) groups is 1. The Morgan fingerprint density at radius 3 is 2.89 bits per heavy atom. The van der Waals surface area contributed by atoms with Gasteiger partial charge in [-0.15, -0.1) is 0 Å². The Bertz CT molecular complexity index is 443. The summed E-state index contributed by atoms with van der Waals surface area (Å²) in [7, 11) is 0. The highest BCUT2D eigenvalue weighted by molar-refractivity contribution is 5.69. The lowest BCUT2D eigenvalue weighted by molar-refractivity contribution is -0.390. The summed E-state index contributed by atoms with van der Waals surface area (Å²) in [6.45, 7) is 3.48. The fourth-order valence-corrected chi connectivity index (χ4v) is 1.48. The first-order valence-electron chi connectivity index (χ1n) is 5.46. The summed E-state index contributed by atoms with van der Waals surface area (Å²) in [5, 5.41) is 23.9. The van der Waals surface area contributed by atoms with E-state index in [0.717, 1.165) is 0 Å². The summed E-state index contributed by atoms with van der Waals surface area (Å²) < 4.78 is 5.93. The van der Waals surface area contributed by atoms with E-state index in [2.05, 4.69) is 9.84 Å². The standard InChI is InChI=1S/C10H15N3O5/c1-3-18-9(15)4-8(14)6-12-5-7(2)10(11-12)13(16)17/h5,8,14H,3-4,6H2,1-2H3. The molecule has 8 heteroatoms. The molecule has 1 aromatic rings. The van der Waals surface area contributed by atoms with Crippen molar-refractivity contribution in [2.45, 2.75) is 32.9 Å². The number of rotatable bonds is 6. The zero-order valence-corrected chi connectivity index (χ0v) is 10.2. The molecule has 1 aromatic heterocycles. The molecule has 0 amide bonds. The van der Waals surface area contributed by atoms with Gasteiger partial charge >= 0.3 is 11.8 Å². The van der Waals surface area contributed by atoms with Gasteiger partial charge in [-0.2, -0.15) is 4.68 Å². The summed E-state index contributed by atoms with van der Waals surface area (Å²) in [6, 6.07) is 0. The number of nitro groups is 1. The van der Waals surface area contributed by atoms with Crippen molar-refractivity contribution in [3.63, 3.8) is 0 Å². The molecule has 18 heavy (non-hydrogen) atoms. The number of aromatic nitrogens is 2. The van der Waals surface area contributed by atoms with Crippen LogP contribution in [0.3, 0.4) is 0 Å². The molecular weight excluding hydrogens is 242 g/mol. The third-order valence-corrected chi connectivity index (χ3v) is 2.20. The first-order chi connectivity index (χ1) is 8.43. The largest absolute Gasteiger partial charge is 0.466 e. The maximum atomic E-state index is 11.1. The summed E-state index contributed by atoms with van der Waals surface area (Å²) in [4.78, 5) is 21.1. The molecule has 0 aromatic carbocycles. The second-order valence-corrected chi connectivity index (χ2v) is 3.78. The number of hydrogen-bond acceptors (Lipinski definition) is 6. The molecule has 0 radical (unpaired) electrons. The van der Waals surface area contributed by atoms with Crippen molar-refractivity contribution >= 4 is 11.8 Å². The van der Waals surface area contributed by atoms with Crippen LogP contribution in [0.4, 0.5) is 5.82 Å². The maximum Gasteiger partial charge on any atom is 0.392 e. The van der Waals surface area contributed by atoms with E-state index in [0.29, 0.717) is 5.56 Å². The molecule has 0 aliphatic heterocycles. The monoisotopic (exact) mass is 257 g/mol. The van der Waals surface area contributed by atoms with Crippen LogP contribution >= 0.6 is 0 Å². The molecule has 1 heterocycles. The number of aliphatic hydroxyl groups excluding tert-OH is 1. The molecular formula is C10H15N3O5. The van der Waals surface area contributed by atoms with Crippen molar-refractivity contribution in [2.75, 3.05) is 6.61 Å². The highest BCUT2D eigenvalue weighted by atomic mass is 16.6. The second kappa shape index (κ2) is 6.10. The van der Waals surface area contributed by atoms with Crippen LogP contribution in [0.2, 0.25) is 0 Å². The van der Waals surface area contributed by atoms with Crippen molar-refractivity contribution in [1.29, 1.82) is 0 Å². The molecule has 1 unspecified atom stereocenters. The molecule has 1 N–H and O–H groups in total.